The molecule has 0 N–H and O–H groups in total. The molecule has 0 saturated carbocycles. The summed E-state index contributed by atoms with van der Waals surface area (Å²) in [7, 11) is 1.36. The molecule has 0 bridgehead atoms. The zero-order chi connectivity index (χ0) is 18.1. The number of rotatable bonds is 3. The largest absolute Gasteiger partial charge is 0.465 e. The zero-order valence-corrected chi connectivity index (χ0v) is 14.7. The molecule has 0 saturated heterocycles. The SMILES string of the molecule is COC(=O)c1ccc2c(c1)Cc1cc(C)cc(C(C)OC(C)=O)c1O2. The highest BCUT2D eigenvalue weighted by molar-refractivity contribution is 5.90. The average Bonchev–Trinajstić information content (AvgIpc) is 2.57. The quantitative estimate of drug-likeness (QED) is 0.672. The van der Waals surface area contributed by atoms with Crippen LogP contribution < -0.4 is 4.74 Å². The maximum absolute atomic E-state index is 11.7. The molecule has 1 unspecified atom stereocenters. The van der Waals surface area contributed by atoms with Gasteiger partial charge in [0, 0.05) is 24.5 Å². The molecule has 3 rings (SSSR count). The Morgan fingerprint density at radius 2 is 1.92 bits per heavy atom. The second-order valence-corrected chi connectivity index (χ2v) is 6.19. The van der Waals surface area contributed by atoms with E-state index in [1.807, 2.05) is 26.0 Å². The van der Waals surface area contributed by atoms with Crippen molar-refractivity contribution in [3.8, 4) is 11.5 Å². The first-order valence-corrected chi connectivity index (χ1v) is 8.08. The lowest BCUT2D eigenvalue weighted by Crippen LogP contribution is -2.12. The van der Waals surface area contributed by atoms with E-state index in [1.165, 1.54) is 14.0 Å². The number of fused-ring (bicyclic) bond motifs is 2. The van der Waals surface area contributed by atoms with E-state index in [0.29, 0.717) is 17.7 Å². The van der Waals surface area contributed by atoms with E-state index in [1.54, 1.807) is 18.2 Å². The molecular weight excluding hydrogens is 320 g/mol. The van der Waals surface area contributed by atoms with E-state index in [-0.39, 0.29) is 11.9 Å². The Hall–Kier alpha value is -2.82. The molecule has 2 aromatic rings. The van der Waals surface area contributed by atoms with Gasteiger partial charge in [-0.1, -0.05) is 11.6 Å². The van der Waals surface area contributed by atoms with Gasteiger partial charge in [-0.15, -0.1) is 0 Å². The molecule has 0 aromatic heterocycles. The molecule has 0 spiro atoms. The van der Waals surface area contributed by atoms with Crippen LogP contribution in [0.2, 0.25) is 0 Å². The summed E-state index contributed by atoms with van der Waals surface area (Å²) >= 11 is 0. The molecule has 2 aromatic carbocycles. The van der Waals surface area contributed by atoms with Crippen molar-refractivity contribution in [1.82, 2.24) is 0 Å². The van der Waals surface area contributed by atoms with Gasteiger partial charge in [0.2, 0.25) is 0 Å². The van der Waals surface area contributed by atoms with Crippen molar-refractivity contribution < 1.29 is 23.8 Å². The van der Waals surface area contributed by atoms with Gasteiger partial charge in [-0.2, -0.15) is 0 Å². The van der Waals surface area contributed by atoms with Crippen LogP contribution in [0.4, 0.5) is 0 Å². The fourth-order valence-corrected chi connectivity index (χ4v) is 3.13. The molecule has 0 radical (unpaired) electrons. The highest BCUT2D eigenvalue weighted by atomic mass is 16.5. The molecule has 0 fully saturated rings. The van der Waals surface area contributed by atoms with E-state index < -0.39 is 6.10 Å². The summed E-state index contributed by atoms with van der Waals surface area (Å²) in [6, 6.07) is 9.26. The van der Waals surface area contributed by atoms with Gasteiger partial charge < -0.3 is 14.2 Å². The van der Waals surface area contributed by atoms with Crippen molar-refractivity contribution >= 4 is 11.9 Å². The van der Waals surface area contributed by atoms with Gasteiger partial charge in [-0.3, -0.25) is 4.79 Å². The summed E-state index contributed by atoms with van der Waals surface area (Å²) < 4.78 is 16.2. The van der Waals surface area contributed by atoms with Gasteiger partial charge in [-0.05, 0) is 43.7 Å². The minimum absolute atomic E-state index is 0.332. The first-order chi connectivity index (χ1) is 11.9. The molecule has 130 valence electrons. The van der Waals surface area contributed by atoms with Gasteiger partial charge in [0.25, 0.3) is 0 Å². The van der Waals surface area contributed by atoms with Gasteiger partial charge >= 0.3 is 11.9 Å². The molecule has 5 heteroatoms. The Balaban J connectivity index is 2.01. The number of aryl methyl sites for hydroxylation is 1. The average molecular weight is 340 g/mol. The maximum atomic E-state index is 11.7. The number of esters is 2. The highest BCUT2D eigenvalue weighted by Gasteiger charge is 2.25. The summed E-state index contributed by atoms with van der Waals surface area (Å²) in [5, 5.41) is 0. The Morgan fingerprint density at radius 1 is 1.16 bits per heavy atom. The lowest BCUT2D eigenvalue weighted by atomic mass is 9.93. The van der Waals surface area contributed by atoms with E-state index in [9.17, 15) is 9.59 Å². The molecule has 25 heavy (non-hydrogen) atoms. The number of ether oxygens (including phenoxy) is 3. The number of carbonyl (C=O) groups excluding carboxylic acids is 2. The Morgan fingerprint density at radius 3 is 2.60 bits per heavy atom. The minimum atomic E-state index is -0.401. The molecule has 1 atom stereocenters. The van der Waals surface area contributed by atoms with Gasteiger partial charge in [-0.25, -0.2) is 4.79 Å². The third kappa shape index (κ3) is 3.36. The molecule has 0 aliphatic carbocycles. The number of benzene rings is 2. The van der Waals surface area contributed by atoms with Crippen molar-refractivity contribution in [2.24, 2.45) is 0 Å². The highest BCUT2D eigenvalue weighted by Crippen LogP contribution is 2.42. The van der Waals surface area contributed by atoms with Crippen molar-refractivity contribution in [2.75, 3.05) is 7.11 Å². The van der Waals surface area contributed by atoms with E-state index >= 15 is 0 Å². The normalized spacial score (nSPS) is 13.1. The van der Waals surface area contributed by atoms with E-state index in [0.717, 1.165) is 28.0 Å². The molecule has 0 amide bonds. The van der Waals surface area contributed by atoms with Gasteiger partial charge in [0.15, 0.2) is 0 Å². The molecule has 1 heterocycles. The van der Waals surface area contributed by atoms with Gasteiger partial charge in [0.05, 0.1) is 12.7 Å². The third-order valence-electron chi connectivity index (χ3n) is 4.19. The molecular formula is C20H20O5. The molecule has 1 aliphatic heterocycles. The van der Waals surface area contributed by atoms with Crippen molar-refractivity contribution in [1.29, 1.82) is 0 Å². The summed E-state index contributed by atoms with van der Waals surface area (Å²) in [5.41, 5.74) is 4.32. The van der Waals surface area contributed by atoms with Crippen LogP contribution in [0.5, 0.6) is 11.5 Å². The zero-order valence-electron chi connectivity index (χ0n) is 14.7. The summed E-state index contributed by atoms with van der Waals surface area (Å²) in [4.78, 5) is 23.0. The molecule has 5 nitrogen and oxygen atoms in total. The number of methoxy groups -OCH3 is 1. The first-order valence-electron chi connectivity index (χ1n) is 8.08. The fraction of sp³-hybridized carbons (Fsp3) is 0.300. The smallest absolute Gasteiger partial charge is 0.337 e. The van der Waals surface area contributed by atoms with Crippen molar-refractivity contribution in [3.05, 3.63) is 58.1 Å². The van der Waals surface area contributed by atoms with Crippen LogP contribution in [0.1, 0.15) is 52.6 Å². The standard InChI is InChI=1S/C20H20O5/c1-11-7-16-10-15-9-14(20(22)23-4)5-6-18(15)25-19(16)17(8-11)12(2)24-13(3)21/h5-9,12H,10H2,1-4H3. The van der Waals surface area contributed by atoms with Crippen LogP contribution >= 0.6 is 0 Å². The van der Waals surface area contributed by atoms with Crippen molar-refractivity contribution in [2.45, 2.75) is 33.3 Å². The second-order valence-electron chi connectivity index (χ2n) is 6.19. The maximum Gasteiger partial charge on any atom is 0.337 e. The Labute approximate surface area is 146 Å². The van der Waals surface area contributed by atoms with Crippen molar-refractivity contribution in [3.63, 3.8) is 0 Å². The van der Waals surface area contributed by atoms with Crippen LogP contribution in [0.25, 0.3) is 0 Å². The molecule has 1 aliphatic rings. The summed E-state index contributed by atoms with van der Waals surface area (Å²) in [6.07, 6.45) is 0.235. The van der Waals surface area contributed by atoms with Gasteiger partial charge in [0.1, 0.15) is 17.6 Å². The topological polar surface area (TPSA) is 61.8 Å². The number of carbonyl (C=O) groups is 2. The summed E-state index contributed by atoms with van der Waals surface area (Å²) in [5.74, 6) is 0.710. The lowest BCUT2D eigenvalue weighted by molar-refractivity contribution is -0.145. The summed E-state index contributed by atoms with van der Waals surface area (Å²) in [6.45, 7) is 5.21. The van der Waals surface area contributed by atoms with Crippen LogP contribution in [0, 0.1) is 6.92 Å². The monoisotopic (exact) mass is 340 g/mol. The van der Waals surface area contributed by atoms with Crippen LogP contribution in [0.15, 0.2) is 30.3 Å². The van der Waals surface area contributed by atoms with Crippen LogP contribution in [-0.4, -0.2) is 19.0 Å². The van der Waals surface area contributed by atoms with E-state index in [2.05, 4.69) is 0 Å². The van der Waals surface area contributed by atoms with Crippen LogP contribution in [-0.2, 0) is 20.7 Å². The predicted molar refractivity (Wildman–Crippen MR) is 92.0 cm³/mol. The second kappa shape index (κ2) is 6.59. The first kappa shape index (κ1) is 17.0. The Bertz CT molecular complexity index is 853. The Kier molecular flexibility index (Phi) is 4.49. The van der Waals surface area contributed by atoms with E-state index in [4.69, 9.17) is 14.2 Å². The minimum Gasteiger partial charge on any atom is -0.465 e. The number of hydrogen-bond acceptors (Lipinski definition) is 5. The third-order valence-corrected chi connectivity index (χ3v) is 4.19. The lowest BCUT2D eigenvalue weighted by Gasteiger charge is -2.25. The van der Waals surface area contributed by atoms with Crippen LogP contribution in [0.3, 0.4) is 0 Å². The number of hydrogen-bond donors (Lipinski definition) is 0. The fourth-order valence-electron chi connectivity index (χ4n) is 3.13. The predicted octanol–water partition coefficient (Wildman–Crippen LogP) is 4.10.